The van der Waals surface area contributed by atoms with Gasteiger partial charge in [-0.2, -0.15) is 0 Å². The molecule has 2 aliphatic heterocycles. The minimum absolute atomic E-state index is 0.0556. The molecular formula is C21H32NO3PS. The molecule has 0 bridgehead atoms. The van der Waals surface area contributed by atoms with Gasteiger partial charge in [0.2, 0.25) is 0 Å². The fourth-order valence-corrected chi connectivity index (χ4v) is 10.2. The van der Waals surface area contributed by atoms with Crippen molar-refractivity contribution >= 4 is 19.4 Å². The third-order valence-corrected chi connectivity index (χ3v) is 10.2. The Hall–Kier alpha value is -0.320. The lowest BCUT2D eigenvalue weighted by Gasteiger charge is -2.46. The standard InChI is InChI=1S/C21H32NO3PS/c1-19(2)15-24-26(23,25-17(19)16-11-7-5-8-12-16)18-21(13-9-6-10-14-21)27-20(3,4)22-18/h5,7-8,11-12,17-18,22H,6,9-10,13-15H2,1-4H3/t17-,18?,26+/m1/s1. The first kappa shape index (κ1) is 20.0. The molecule has 3 fully saturated rings. The molecule has 0 radical (unpaired) electrons. The second kappa shape index (κ2) is 6.88. The summed E-state index contributed by atoms with van der Waals surface area (Å²) in [5.41, 5.74) is 0.851. The van der Waals surface area contributed by atoms with Gasteiger partial charge in [0.15, 0.2) is 0 Å². The van der Waals surface area contributed by atoms with Crippen LogP contribution in [0, 0.1) is 5.41 Å². The maximum Gasteiger partial charge on any atom is 0.349 e. The number of hydrogen-bond donors (Lipinski definition) is 1. The Morgan fingerprint density at radius 3 is 2.41 bits per heavy atom. The average Bonchev–Trinajstić information content (AvgIpc) is 2.89. The van der Waals surface area contributed by atoms with Crippen LogP contribution in [0.3, 0.4) is 0 Å². The summed E-state index contributed by atoms with van der Waals surface area (Å²) in [6, 6.07) is 10.2. The first-order valence-corrected chi connectivity index (χ1v) is 12.5. The number of hydrogen-bond acceptors (Lipinski definition) is 5. The van der Waals surface area contributed by atoms with Crippen molar-refractivity contribution in [3.8, 4) is 0 Å². The molecule has 3 aliphatic rings. The van der Waals surface area contributed by atoms with Crippen molar-refractivity contribution in [3.05, 3.63) is 35.9 Å². The molecule has 1 aromatic carbocycles. The molecule has 4 rings (SSSR count). The third kappa shape index (κ3) is 3.67. The van der Waals surface area contributed by atoms with Crippen molar-refractivity contribution in [1.29, 1.82) is 0 Å². The van der Waals surface area contributed by atoms with Gasteiger partial charge in [-0.1, -0.05) is 63.4 Å². The second-order valence-electron chi connectivity index (χ2n) is 9.48. The highest BCUT2D eigenvalue weighted by atomic mass is 32.2. The molecular weight excluding hydrogens is 377 g/mol. The van der Waals surface area contributed by atoms with Crippen LogP contribution in [-0.4, -0.2) is 22.0 Å². The maximum atomic E-state index is 14.1. The summed E-state index contributed by atoms with van der Waals surface area (Å²) in [6.07, 6.45) is 5.57. The van der Waals surface area contributed by atoms with Gasteiger partial charge in [0.25, 0.3) is 0 Å². The van der Waals surface area contributed by atoms with E-state index in [4.69, 9.17) is 9.05 Å². The van der Waals surface area contributed by atoms with Gasteiger partial charge in [0, 0.05) is 10.2 Å². The first-order chi connectivity index (χ1) is 12.7. The topological polar surface area (TPSA) is 47.6 Å². The monoisotopic (exact) mass is 409 g/mol. The molecule has 0 aromatic heterocycles. The van der Waals surface area contributed by atoms with E-state index in [1.807, 2.05) is 30.0 Å². The molecule has 3 atom stereocenters. The summed E-state index contributed by atoms with van der Waals surface area (Å²) < 4.78 is 26.6. The highest BCUT2D eigenvalue weighted by Gasteiger charge is 2.62. The molecule has 1 aliphatic carbocycles. The van der Waals surface area contributed by atoms with Crippen molar-refractivity contribution in [2.45, 2.75) is 81.3 Å². The second-order valence-corrected chi connectivity index (χ2v) is 13.6. The zero-order chi connectivity index (χ0) is 19.3. The normalized spacial score (nSPS) is 37.3. The van der Waals surface area contributed by atoms with Crippen LogP contribution in [0.1, 0.15) is 71.5 Å². The maximum absolute atomic E-state index is 14.1. The summed E-state index contributed by atoms with van der Waals surface area (Å²) in [7, 11) is -3.31. The molecule has 2 saturated heterocycles. The van der Waals surface area contributed by atoms with Crippen LogP contribution in [0.15, 0.2) is 30.3 Å². The molecule has 27 heavy (non-hydrogen) atoms. The lowest BCUT2D eigenvalue weighted by molar-refractivity contribution is -0.0317. The minimum Gasteiger partial charge on any atom is -0.307 e. The highest BCUT2D eigenvalue weighted by Crippen LogP contribution is 2.70. The first-order valence-electron chi connectivity index (χ1n) is 10.1. The molecule has 1 spiro atoms. The van der Waals surface area contributed by atoms with Gasteiger partial charge in [-0.25, -0.2) is 0 Å². The number of nitrogens with one attached hydrogen (secondary N) is 1. The fourth-order valence-electron chi connectivity index (χ4n) is 4.87. The van der Waals surface area contributed by atoms with E-state index < -0.39 is 7.60 Å². The van der Waals surface area contributed by atoms with Gasteiger partial charge < -0.3 is 4.52 Å². The van der Waals surface area contributed by atoms with Gasteiger partial charge in [-0.3, -0.25) is 14.4 Å². The molecule has 1 N–H and O–H groups in total. The van der Waals surface area contributed by atoms with Crippen LogP contribution in [-0.2, 0) is 13.6 Å². The van der Waals surface area contributed by atoms with E-state index in [0.29, 0.717) is 6.61 Å². The molecule has 6 heteroatoms. The lowest BCUT2D eigenvalue weighted by Crippen LogP contribution is -2.47. The molecule has 4 nitrogen and oxygen atoms in total. The van der Waals surface area contributed by atoms with E-state index in [2.05, 4.69) is 45.1 Å². The van der Waals surface area contributed by atoms with Crippen LogP contribution >= 0.6 is 19.4 Å². The quantitative estimate of drug-likeness (QED) is 0.599. The van der Waals surface area contributed by atoms with Crippen LogP contribution in [0.4, 0.5) is 0 Å². The van der Waals surface area contributed by atoms with Crippen molar-refractivity contribution in [1.82, 2.24) is 5.32 Å². The molecule has 150 valence electrons. The van der Waals surface area contributed by atoms with E-state index in [0.717, 1.165) is 18.4 Å². The van der Waals surface area contributed by atoms with E-state index in [9.17, 15) is 4.57 Å². The van der Waals surface area contributed by atoms with E-state index in [1.165, 1.54) is 19.3 Å². The predicted molar refractivity (Wildman–Crippen MR) is 112 cm³/mol. The summed E-state index contributed by atoms with van der Waals surface area (Å²) in [4.78, 5) is -0.124. The smallest absolute Gasteiger partial charge is 0.307 e. The van der Waals surface area contributed by atoms with Crippen molar-refractivity contribution in [2.75, 3.05) is 6.61 Å². The van der Waals surface area contributed by atoms with Crippen molar-refractivity contribution < 1.29 is 13.6 Å². The Morgan fingerprint density at radius 2 is 1.74 bits per heavy atom. The average molecular weight is 410 g/mol. The van der Waals surface area contributed by atoms with E-state index in [1.54, 1.807) is 0 Å². The Labute approximate surface area is 167 Å². The van der Waals surface area contributed by atoms with Crippen LogP contribution in [0.2, 0.25) is 0 Å². The fraction of sp³-hybridized carbons (Fsp3) is 0.714. The van der Waals surface area contributed by atoms with Gasteiger partial charge in [-0.15, -0.1) is 11.8 Å². The van der Waals surface area contributed by atoms with Gasteiger partial charge >= 0.3 is 7.60 Å². The molecule has 1 aromatic rings. The molecule has 0 amide bonds. The molecule has 1 saturated carbocycles. The summed E-state index contributed by atoms with van der Waals surface area (Å²) in [6.45, 7) is 9.07. The van der Waals surface area contributed by atoms with E-state index >= 15 is 0 Å². The van der Waals surface area contributed by atoms with Gasteiger partial charge in [-0.05, 0) is 32.3 Å². The van der Waals surface area contributed by atoms with Crippen molar-refractivity contribution in [3.63, 3.8) is 0 Å². The highest BCUT2D eigenvalue weighted by molar-refractivity contribution is 8.02. The molecule has 2 heterocycles. The zero-order valence-electron chi connectivity index (χ0n) is 16.9. The number of rotatable bonds is 2. The number of benzene rings is 1. The number of thioether (sulfide) groups is 1. The summed E-state index contributed by atoms with van der Waals surface area (Å²) >= 11 is 1.95. The molecule has 1 unspecified atom stereocenters. The minimum atomic E-state index is -3.31. The van der Waals surface area contributed by atoms with Crippen LogP contribution < -0.4 is 5.32 Å². The Balaban J connectivity index is 1.68. The zero-order valence-corrected chi connectivity index (χ0v) is 18.6. The Morgan fingerprint density at radius 1 is 1.07 bits per heavy atom. The van der Waals surface area contributed by atoms with Crippen LogP contribution in [0.25, 0.3) is 0 Å². The SMILES string of the molecule is CC1(C)NC([P@]2(=O)OCC(C)(C)[C@@H](c3ccccc3)O2)C2(CCCCC2)S1. The summed E-state index contributed by atoms with van der Waals surface area (Å²) in [5.74, 6) is -0.243. The van der Waals surface area contributed by atoms with E-state index in [-0.39, 0.29) is 26.9 Å². The van der Waals surface area contributed by atoms with Crippen molar-refractivity contribution in [2.24, 2.45) is 5.41 Å². The third-order valence-electron chi connectivity index (χ3n) is 6.14. The van der Waals surface area contributed by atoms with Gasteiger partial charge in [0.05, 0.1) is 17.6 Å². The largest absolute Gasteiger partial charge is 0.349 e. The van der Waals surface area contributed by atoms with Crippen LogP contribution in [0.5, 0.6) is 0 Å². The lowest BCUT2D eigenvalue weighted by atomic mass is 9.83. The Bertz CT molecular complexity index is 730. The predicted octanol–water partition coefficient (Wildman–Crippen LogP) is 6.10. The Kier molecular flexibility index (Phi) is 5.09. The van der Waals surface area contributed by atoms with Gasteiger partial charge in [0.1, 0.15) is 5.78 Å². The summed E-state index contributed by atoms with van der Waals surface area (Å²) in [5, 5.41) is 3.65.